The third kappa shape index (κ3) is 4.01. The van der Waals surface area contributed by atoms with Gasteiger partial charge in [-0.1, -0.05) is 11.6 Å². The number of nitrogens with one attached hydrogen (secondary N) is 1. The number of hydrogen-bond donors (Lipinski definition) is 1. The Hall–Kier alpha value is -3.13. The topological polar surface area (TPSA) is 102 Å². The maximum Gasteiger partial charge on any atom is 0.296 e. The van der Waals surface area contributed by atoms with Gasteiger partial charge in [-0.25, -0.2) is 0 Å². The summed E-state index contributed by atoms with van der Waals surface area (Å²) in [5, 5.41) is 14.3. The normalized spacial score (nSPS) is 16.3. The second-order valence-corrected chi connectivity index (χ2v) is 6.45. The number of rotatable bonds is 5. The van der Waals surface area contributed by atoms with Gasteiger partial charge in [0.05, 0.1) is 24.0 Å². The molecule has 0 unspecified atom stereocenters. The van der Waals surface area contributed by atoms with E-state index in [9.17, 15) is 19.7 Å². The van der Waals surface area contributed by atoms with Gasteiger partial charge in [0.25, 0.3) is 5.69 Å². The van der Waals surface area contributed by atoms with Gasteiger partial charge in [0.15, 0.2) is 0 Å². The number of halogens is 1. The van der Waals surface area contributed by atoms with Gasteiger partial charge in [0, 0.05) is 23.7 Å². The zero-order valence-corrected chi connectivity index (χ0v) is 15.1. The Bertz CT molecular complexity index is 900. The van der Waals surface area contributed by atoms with Crippen molar-refractivity contribution < 1.29 is 19.2 Å². The van der Waals surface area contributed by atoms with Crippen molar-refractivity contribution in [1.82, 2.24) is 0 Å². The molecule has 2 amide bonds. The highest BCUT2D eigenvalue weighted by molar-refractivity contribution is 6.30. The van der Waals surface area contributed by atoms with Crippen LogP contribution in [-0.2, 0) is 9.59 Å². The van der Waals surface area contributed by atoms with Crippen LogP contribution in [0.15, 0.2) is 42.5 Å². The molecular weight excluding hydrogens is 374 g/mol. The summed E-state index contributed by atoms with van der Waals surface area (Å²) >= 11 is 5.85. The summed E-state index contributed by atoms with van der Waals surface area (Å²) in [7, 11) is 1.40. The summed E-state index contributed by atoms with van der Waals surface area (Å²) in [6, 6.07) is 10.9. The first-order chi connectivity index (χ1) is 12.9. The molecule has 0 aliphatic carbocycles. The van der Waals surface area contributed by atoms with Gasteiger partial charge in [0.2, 0.25) is 11.8 Å². The minimum atomic E-state index is -0.616. The first kappa shape index (κ1) is 18.7. The van der Waals surface area contributed by atoms with Crippen LogP contribution < -0.4 is 15.0 Å². The third-order valence-electron chi connectivity index (χ3n) is 4.29. The van der Waals surface area contributed by atoms with E-state index in [0.29, 0.717) is 16.5 Å². The molecule has 140 valence electrons. The minimum absolute atomic E-state index is 0.0262. The van der Waals surface area contributed by atoms with Crippen LogP contribution in [-0.4, -0.2) is 30.4 Å². The molecule has 1 N–H and O–H groups in total. The molecule has 2 aromatic rings. The molecule has 0 aromatic heterocycles. The fourth-order valence-electron chi connectivity index (χ4n) is 2.88. The maximum absolute atomic E-state index is 12.6. The molecule has 2 aromatic carbocycles. The summed E-state index contributed by atoms with van der Waals surface area (Å²) in [6.07, 6.45) is 0.0262. The SMILES string of the molecule is COc1ccc(NC(=O)[C@H]2CC(=O)N(c3ccc(Cl)cc3)C2)c([N+](=O)[O-])c1. The van der Waals surface area contributed by atoms with E-state index >= 15 is 0 Å². The molecular formula is C18H16ClN3O5. The number of nitrogens with zero attached hydrogens (tertiary/aromatic N) is 2. The molecule has 9 heteroatoms. The van der Waals surface area contributed by atoms with Crippen LogP contribution in [0.25, 0.3) is 0 Å². The summed E-state index contributed by atoms with van der Waals surface area (Å²) in [4.78, 5) is 37.0. The average Bonchev–Trinajstić information content (AvgIpc) is 3.04. The van der Waals surface area contributed by atoms with E-state index in [1.54, 1.807) is 24.3 Å². The first-order valence-corrected chi connectivity index (χ1v) is 8.46. The van der Waals surface area contributed by atoms with Crippen molar-refractivity contribution in [1.29, 1.82) is 0 Å². The molecule has 8 nitrogen and oxygen atoms in total. The van der Waals surface area contributed by atoms with E-state index in [2.05, 4.69) is 5.32 Å². The highest BCUT2D eigenvalue weighted by Crippen LogP contribution is 2.31. The van der Waals surface area contributed by atoms with Gasteiger partial charge in [0.1, 0.15) is 11.4 Å². The quantitative estimate of drug-likeness (QED) is 0.624. The summed E-state index contributed by atoms with van der Waals surface area (Å²) in [5.74, 6) is -0.950. The predicted molar refractivity (Wildman–Crippen MR) is 100 cm³/mol. The van der Waals surface area contributed by atoms with Gasteiger partial charge in [-0.05, 0) is 36.4 Å². The number of carbonyl (C=O) groups is 2. The molecule has 0 spiro atoms. The van der Waals surface area contributed by atoms with Crippen molar-refractivity contribution in [2.75, 3.05) is 23.9 Å². The number of carbonyl (C=O) groups excluding carboxylic acids is 2. The second-order valence-electron chi connectivity index (χ2n) is 6.01. The molecule has 0 radical (unpaired) electrons. The lowest BCUT2D eigenvalue weighted by atomic mass is 10.1. The van der Waals surface area contributed by atoms with Gasteiger partial charge in [-0.15, -0.1) is 0 Å². The Morgan fingerprint density at radius 1 is 1.30 bits per heavy atom. The summed E-state index contributed by atoms with van der Waals surface area (Å²) in [6.45, 7) is 0.191. The molecule has 0 bridgehead atoms. The number of hydrogen-bond acceptors (Lipinski definition) is 5. The van der Waals surface area contributed by atoms with Crippen LogP contribution >= 0.6 is 11.6 Å². The lowest BCUT2D eigenvalue weighted by Gasteiger charge is -2.16. The summed E-state index contributed by atoms with van der Waals surface area (Å²) in [5.41, 5.74) is 0.430. The monoisotopic (exact) mass is 389 g/mol. The molecule has 1 saturated heterocycles. The van der Waals surface area contributed by atoms with Crippen LogP contribution in [0.4, 0.5) is 17.1 Å². The number of nitro benzene ring substituents is 1. The zero-order chi connectivity index (χ0) is 19.6. The average molecular weight is 390 g/mol. The van der Waals surface area contributed by atoms with Crippen molar-refractivity contribution in [3.63, 3.8) is 0 Å². The van der Waals surface area contributed by atoms with Crippen molar-refractivity contribution in [3.05, 3.63) is 57.6 Å². The molecule has 0 saturated carbocycles. The number of methoxy groups -OCH3 is 1. The number of ether oxygens (including phenoxy) is 1. The van der Waals surface area contributed by atoms with E-state index in [0.717, 1.165) is 0 Å². The fourth-order valence-corrected chi connectivity index (χ4v) is 3.01. The van der Waals surface area contributed by atoms with Crippen molar-refractivity contribution >= 4 is 40.5 Å². The van der Waals surface area contributed by atoms with Gasteiger partial charge in [-0.2, -0.15) is 0 Å². The lowest BCUT2D eigenvalue weighted by molar-refractivity contribution is -0.384. The highest BCUT2D eigenvalue weighted by atomic mass is 35.5. The number of amides is 2. The standard InChI is InChI=1S/C18H16ClN3O5/c1-27-14-6-7-15(16(9-14)22(25)26)20-18(24)11-8-17(23)21(10-11)13-4-2-12(19)3-5-13/h2-7,9,11H,8,10H2,1H3,(H,20,24)/t11-/m0/s1. The number of nitro groups is 1. The van der Waals surface area contributed by atoms with Gasteiger partial charge in [-0.3, -0.25) is 19.7 Å². The lowest BCUT2D eigenvalue weighted by Crippen LogP contribution is -2.28. The minimum Gasteiger partial charge on any atom is -0.496 e. The molecule has 1 heterocycles. The smallest absolute Gasteiger partial charge is 0.296 e. The van der Waals surface area contributed by atoms with Crippen LogP contribution in [0.2, 0.25) is 5.02 Å². The largest absolute Gasteiger partial charge is 0.496 e. The van der Waals surface area contributed by atoms with Gasteiger partial charge < -0.3 is 15.0 Å². The van der Waals surface area contributed by atoms with E-state index in [1.807, 2.05) is 0 Å². The highest BCUT2D eigenvalue weighted by Gasteiger charge is 2.35. The van der Waals surface area contributed by atoms with Crippen LogP contribution in [0.1, 0.15) is 6.42 Å². The van der Waals surface area contributed by atoms with Crippen molar-refractivity contribution in [3.8, 4) is 5.75 Å². The Labute approximate surface area is 159 Å². The van der Waals surface area contributed by atoms with E-state index < -0.39 is 16.7 Å². The first-order valence-electron chi connectivity index (χ1n) is 8.08. The summed E-state index contributed by atoms with van der Waals surface area (Å²) < 4.78 is 4.97. The fraction of sp³-hybridized carbons (Fsp3) is 0.222. The van der Waals surface area contributed by atoms with Crippen molar-refractivity contribution in [2.45, 2.75) is 6.42 Å². The van der Waals surface area contributed by atoms with Crippen LogP contribution in [0.5, 0.6) is 5.75 Å². The van der Waals surface area contributed by atoms with Gasteiger partial charge >= 0.3 is 0 Å². The molecule has 1 atom stereocenters. The van der Waals surface area contributed by atoms with Crippen molar-refractivity contribution in [2.24, 2.45) is 5.92 Å². The zero-order valence-electron chi connectivity index (χ0n) is 14.3. The Morgan fingerprint density at radius 3 is 2.63 bits per heavy atom. The number of benzene rings is 2. The third-order valence-corrected chi connectivity index (χ3v) is 4.55. The maximum atomic E-state index is 12.6. The Balaban J connectivity index is 1.75. The van der Waals surface area contributed by atoms with Crippen LogP contribution in [0.3, 0.4) is 0 Å². The number of anilines is 2. The predicted octanol–water partition coefficient (Wildman–Crippen LogP) is 3.25. The van der Waals surface area contributed by atoms with E-state index in [1.165, 1.54) is 30.2 Å². The molecule has 1 aliphatic rings. The van der Waals surface area contributed by atoms with E-state index in [4.69, 9.17) is 16.3 Å². The Morgan fingerprint density at radius 2 is 2.00 bits per heavy atom. The molecule has 1 aliphatic heterocycles. The van der Waals surface area contributed by atoms with Crippen LogP contribution in [0, 0.1) is 16.0 Å². The second kappa shape index (κ2) is 7.63. The van der Waals surface area contributed by atoms with E-state index in [-0.39, 0.29) is 30.2 Å². The molecule has 1 fully saturated rings. The molecule has 27 heavy (non-hydrogen) atoms. The molecule has 3 rings (SSSR count). The Kier molecular flexibility index (Phi) is 5.27.